The van der Waals surface area contributed by atoms with Crippen LogP contribution in [0.2, 0.25) is 0 Å². The van der Waals surface area contributed by atoms with Crippen molar-refractivity contribution >= 4 is 5.91 Å². The topological polar surface area (TPSA) is 49.8 Å². The first kappa shape index (κ1) is 16.5. The number of carbonyl (C=O) groups is 1. The molecule has 0 unspecified atom stereocenters. The van der Waals surface area contributed by atoms with Gasteiger partial charge in [-0.3, -0.25) is 4.79 Å². The van der Waals surface area contributed by atoms with Crippen LogP contribution in [-0.2, 0) is 11.2 Å². The molecule has 0 aliphatic carbocycles. The van der Waals surface area contributed by atoms with Gasteiger partial charge in [0, 0.05) is 13.6 Å². The third-order valence-corrected chi connectivity index (χ3v) is 3.20. The minimum Gasteiger partial charge on any atom is -0.497 e. The maximum absolute atomic E-state index is 11.9. The molecule has 0 aliphatic heterocycles. The predicted octanol–water partition coefficient (Wildman–Crippen LogP) is 2.10. The van der Waals surface area contributed by atoms with E-state index in [4.69, 9.17) is 4.74 Å². The minimum absolute atomic E-state index is 0.251. The summed E-state index contributed by atoms with van der Waals surface area (Å²) < 4.78 is 5.13. The second-order valence-corrected chi connectivity index (χ2v) is 5.90. The number of methoxy groups -OCH3 is 1. The van der Waals surface area contributed by atoms with Gasteiger partial charge in [0.15, 0.2) is 0 Å². The van der Waals surface area contributed by atoms with Crippen molar-refractivity contribution in [1.82, 2.24) is 4.90 Å². The van der Waals surface area contributed by atoms with Crippen LogP contribution >= 0.6 is 0 Å². The minimum atomic E-state index is -1.31. The highest BCUT2D eigenvalue weighted by Gasteiger charge is 2.27. The van der Waals surface area contributed by atoms with Gasteiger partial charge in [-0.2, -0.15) is 0 Å². The standard InChI is InChI=1S/C16H25NO3/c1-12(11-17(4)15(18)16(2,3)19)10-13-6-8-14(20-5)9-7-13/h6-9,12,19H,10-11H2,1-5H3/t12-/m1/s1. The zero-order valence-electron chi connectivity index (χ0n) is 13.0. The summed E-state index contributed by atoms with van der Waals surface area (Å²) in [5, 5.41) is 9.71. The molecule has 1 aromatic rings. The smallest absolute Gasteiger partial charge is 0.253 e. The molecule has 0 radical (unpaired) electrons. The third kappa shape index (κ3) is 4.85. The van der Waals surface area contributed by atoms with Crippen molar-refractivity contribution in [1.29, 1.82) is 0 Å². The molecule has 0 aromatic heterocycles. The molecule has 0 spiro atoms. The second-order valence-electron chi connectivity index (χ2n) is 5.90. The Morgan fingerprint density at radius 2 is 1.90 bits per heavy atom. The molecule has 4 heteroatoms. The first-order valence-corrected chi connectivity index (χ1v) is 6.85. The molecule has 0 fully saturated rings. The van der Waals surface area contributed by atoms with Crippen LogP contribution in [0.15, 0.2) is 24.3 Å². The van der Waals surface area contributed by atoms with Gasteiger partial charge < -0.3 is 14.7 Å². The summed E-state index contributed by atoms with van der Waals surface area (Å²) in [6.07, 6.45) is 0.882. The summed E-state index contributed by atoms with van der Waals surface area (Å²) in [6.45, 7) is 5.74. The Labute approximate surface area is 121 Å². The van der Waals surface area contributed by atoms with E-state index in [1.807, 2.05) is 24.3 Å². The van der Waals surface area contributed by atoms with Gasteiger partial charge in [-0.05, 0) is 43.9 Å². The SMILES string of the molecule is COc1ccc(C[C@@H](C)CN(C)C(=O)C(C)(C)O)cc1. The van der Waals surface area contributed by atoms with Gasteiger partial charge in [-0.25, -0.2) is 0 Å². The van der Waals surface area contributed by atoms with Gasteiger partial charge in [0.05, 0.1) is 7.11 Å². The largest absolute Gasteiger partial charge is 0.497 e. The Kier molecular flexibility index (Phi) is 5.57. The van der Waals surface area contributed by atoms with Crippen LogP contribution in [0, 0.1) is 5.92 Å². The summed E-state index contributed by atoms with van der Waals surface area (Å²) in [6, 6.07) is 7.95. The van der Waals surface area contributed by atoms with E-state index in [2.05, 4.69) is 6.92 Å². The lowest BCUT2D eigenvalue weighted by molar-refractivity contribution is -0.146. The lowest BCUT2D eigenvalue weighted by Crippen LogP contribution is -2.44. The number of ether oxygens (including phenoxy) is 1. The van der Waals surface area contributed by atoms with E-state index in [1.165, 1.54) is 19.4 Å². The van der Waals surface area contributed by atoms with Gasteiger partial charge in [0.2, 0.25) is 0 Å². The fraction of sp³-hybridized carbons (Fsp3) is 0.562. The molecule has 0 bridgehead atoms. The van der Waals surface area contributed by atoms with Crippen LogP contribution in [0.4, 0.5) is 0 Å². The molecule has 1 atom stereocenters. The second kappa shape index (κ2) is 6.75. The van der Waals surface area contributed by atoms with E-state index in [-0.39, 0.29) is 5.91 Å². The first-order chi connectivity index (χ1) is 9.24. The van der Waals surface area contributed by atoms with Crippen molar-refractivity contribution in [3.63, 3.8) is 0 Å². The molecule has 1 rings (SSSR count). The molecule has 0 heterocycles. The summed E-state index contributed by atoms with van der Waals surface area (Å²) in [5.74, 6) is 0.912. The number of benzene rings is 1. The number of aliphatic hydroxyl groups is 1. The molecule has 112 valence electrons. The molecule has 1 N–H and O–H groups in total. The molecular formula is C16H25NO3. The Hall–Kier alpha value is -1.55. The normalized spacial score (nSPS) is 12.9. The maximum atomic E-state index is 11.9. The van der Waals surface area contributed by atoms with Crippen LogP contribution < -0.4 is 4.74 Å². The average molecular weight is 279 g/mol. The van der Waals surface area contributed by atoms with E-state index < -0.39 is 5.60 Å². The number of carbonyl (C=O) groups excluding carboxylic acids is 1. The van der Waals surface area contributed by atoms with Gasteiger partial charge in [0.1, 0.15) is 11.4 Å². The van der Waals surface area contributed by atoms with Crippen molar-refractivity contribution < 1.29 is 14.6 Å². The van der Waals surface area contributed by atoms with Crippen molar-refractivity contribution in [3.05, 3.63) is 29.8 Å². The van der Waals surface area contributed by atoms with Gasteiger partial charge in [-0.1, -0.05) is 19.1 Å². The maximum Gasteiger partial charge on any atom is 0.253 e. The fourth-order valence-electron chi connectivity index (χ4n) is 2.25. The summed E-state index contributed by atoms with van der Waals surface area (Å²) in [4.78, 5) is 13.5. The quantitative estimate of drug-likeness (QED) is 0.867. The number of hydrogen-bond donors (Lipinski definition) is 1. The van der Waals surface area contributed by atoms with Gasteiger partial charge >= 0.3 is 0 Å². The van der Waals surface area contributed by atoms with Crippen LogP contribution in [0.3, 0.4) is 0 Å². The monoisotopic (exact) mass is 279 g/mol. The lowest BCUT2D eigenvalue weighted by Gasteiger charge is -2.27. The molecule has 0 saturated heterocycles. The van der Waals surface area contributed by atoms with Crippen LogP contribution in [0.5, 0.6) is 5.75 Å². The van der Waals surface area contributed by atoms with Crippen molar-refractivity contribution in [2.75, 3.05) is 20.7 Å². The van der Waals surface area contributed by atoms with E-state index in [0.717, 1.165) is 12.2 Å². The Morgan fingerprint density at radius 1 is 1.35 bits per heavy atom. The summed E-state index contributed by atoms with van der Waals surface area (Å²) in [7, 11) is 3.37. The van der Waals surface area contributed by atoms with Gasteiger partial charge in [-0.15, -0.1) is 0 Å². The first-order valence-electron chi connectivity index (χ1n) is 6.85. The van der Waals surface area contributed by atoms with E-state index in [0.29, 0.717) is 12.5 Å². The van der Waals surface area contributed by atoms with Crippen molar-refractivity contribution in [2.45, 2.75) is 32.8 Å². The third-order valence-electron chi connectivity index (χ3n) is 3.20. The van der Waals surface area contributed by atoms with Crippen LogP contribution in [0.1, 0.15) is 26.3 Å². The average Bonchev–Trinajstić information content (AvgIpc) is 2.37. The Morgan fingerprint density at radius 3 is 2.35 bits per heavy atom. The van der Waals surface area contributed by atoms with Gasteiger partial charge in [0.25, 0.3) is 5.91 Å². The van der Waals surface area contributed by atoms with E-state index in [1.54, 1.807) is 19.1 Å². The Bertz CT molecular complexity index is 434. The highest BCUT2D eigenvalue weighted by molar-refractivity contribution is 5.83. The molecule has 20 heavy (non-hydrogen) atoms. The molecule has 1 amide bonds. The summed E-state index contributed by atoms with van der Waals surface area (Å²) in [5.41, 5.74) is -0.100. The summed E-state index contributed by atoms with van der Waals surface area (Å²) >= 11 is 0. The number of rotatable bonds is 6. The molecule has 1 aromatic carbocycles. The molecule has 0 aliphatic rings. The number of amides is 1. The molecule has 4 nitrogen and oxygen atoms in total. The highest BCUT2D eigenvalue weighted by Crippen LogP contribution is 2.16. The lowest BCUT2D eigenvalue weighted by atomic mass is 10.00. The highest BCUT2D eigenvalue weighted by atomic mass is 16.5. The Balaban J connectivity index is 2.54. The molecule has 0 saturated carbocycles. The van der Waals surface area contributed by atoms with E-state index >= 15 is 0 Å². The number of hydrogen-bond acceptors (Lipinski definition) is 3. The van der Waals surface area contributed by atoms with E-state index in [9.17, 15) is 9.90 Å². The van der Waals surface area contributed by atoms with Crippen LogP contribution in [-0.4, -0.2) is 42.2 Å². The fourth-order valence-corrected chi connectivity index (χ4v) is 2.25. The zero-order chi connectivity index (χ0) is 15.3. The molecular weight excluding hydrogens is 254 g/mol. The van der Waals surface area contributed by atoms with Crippen molar-refractivity contribution in [2.24, 2.45) is 5.92 Å². The van der Waals surface area contributed by atoms with Crippen molar-refractivity contribution in [3.8, 4) is 5.75 Å². The number of nitrogens with zero attached hydrogens (tertiary/aromatic N) is 1. The van der Waals surface area contributed by atoms with Crippen LogP contribution in [0.25, 0.3) is 0 Å². The predicted molar refractivity (Wildman–Crippen MR) is 79.8 cm³/mol. The zero-order valence-corrected chi connectivity index (χ0v) is 13.0. The number of likely N-dealkylation sites (N-methyl/N-ethyl adjacent to an activating group) is 1.